The Balaban J connectivity index is 1.68. The summed E-state index contributed by atoms with van der Waals surface area (Å²) in [5, 5.41) is 4.30. The van der Waals surface area contributed by atoms with E-state index >= 15 is 0 Å². The van der Waals surface area contributed by atoms with Crippen LogP contribution >= 0.6 is 11.6 Å². The van der Waals surface area contributed by atoms with Crippen LogP contribution in [0.3, 0.4) is 0 Å². The van der Waals surface area contributed by atoms with Gasteiger partial charge in [-0.25, -0.2) is 4.98 Å². The van der Waals surface area contributed by atoms with Gasteiger partial charge in [0.1, 0.15) is 5.52 Å². The van der Waals surface area contributed by atoms with Gasteiger partial charge in [0.25, 0.3) is 0 Å². The fourth-order valence-electron chi connectivity index (χ4n) is 2.83. The molecule has 1 aromatic heterocycles. The first kappa shape index (κ1) is 12.9. The van der Waals surface area contributed by atoms with Crippen LogP contribution in [0.15, 0.2) is 22.6 Å². The van der Waals surface area contributed by atoms with Crippen molar-refractivity contribution in [2.75, 3.05) is 6.54 Å². The van der Waals surface area contributed by atoms with E-state index in [1.807, 2.05) is 18.2 Å². The molecule has 3 nitrogen and oxygen atoms in total. The molecule has 0 spiro atoms. The summed E-state index contributed by atoms with van der Waals surface area (Å²) in [6.45, 7) is 3.46. The molecule has 1 fully saturated rings. The lowest BCUT2D eigenvalue weighted by atomic mass is 9.90. The fraction of sp³-hybridized carbons (Fsp3) is 0.533. The highest BCUT2D eigenvalue weighted by Crippen LogP contribution is 2.23. The zero-order chi connectivity index (χ0) is 13.2. The van der Waals surface area contributed by atoms with E-state index in [1.54, 1.807) is 0 Å². The van der Waals surface area contributed by atoms with Crippen molar-refractivity contribution in [3.05, 3.63) is 29.1 Å². The Morgan fingerprint density at radius 3 is 3.21 bits per heavy atom. The summed E-state index contributed by atoms with van der Waals surface area (Å²) in [7, 11) is 0. The SMILES string of the molecule is C[C@@H]1CCCNC1CCc1nc2cc(Cl)ccc2o1. The van der Waals surface area contributed by atoms with E-state index < -0.39 is 0 Å². The summed E-state index contributed by atoms with van der Waals surface area (Å²) in [6, 6.07) is 6.16. The number of halogens is 1. The quantitative estimate of drug-likeness (QED) is 0.928. The van der Waals surface area contributed by atoms with Crippen molar-refractivity contribution >= 4 is 22.7 Å². The van der Waals surface area contributed by atoms with Gasteiger partial charge in [-0.15, -0.1) is 0 Å². The van der Waals surface area contributed by atoms with Crippen LogP contribution in [-0.2, 0) is 6.42 Å². The number of fused-ring (bicyclic) bond motifs is 1. The van der Waals surface area contributed by atoms with Gasteiger partial charge < -0.3 is 9.73 Å². The van der Waals surface area contributed by atoms with Crippen LogP contribution in [0.5, 0.6) is 0 Å². The third-order valence-corrected chi connectivity index (χ3v) is 4.23. The predicted molar refractivity (Wildman–Crippen MR) is 77.5 cm³/mol. The average molecular weight is 279 g/mol. The molecule has 0 bridgehead atoms. The van der Waals surface area contributed by atoms with Crippen LogP contribution in [0.2, 0.25) is 5.02 Å². The van der Waals surface area contributed by atoms with Crippen molar-refractivity contribution in [3.63, 3.8) is 0 Å². The molecule has 2 aromatic rings. The number of aromatic nitrogens is 1. The van der Waals surface area contributed by atoms with Crippen molar-refractivity contribution in [1.82, 2.24) is 10.3 Å². The number of aryl methyl sites for hydroxylation is 1. The number of nitrogens with zero attached hydrogens (tertiary/aromatic N) is 1. The number of nitrogens with one attached hydrogen (secondary N) is 1. The van der Waals surface area contributed by atoms with Gasteiger partial charge in [0.05, 0.1) is 0 Å². The number of oxazole rings is 1. The fourth-order valence-corrected chi connectivity index (χ4v) is 3.00. The summed E-state index contributed by atoms with van der Waals surface area (Å²) >= 11 is 5.95. The van der Waals surface area contributed by atoms with E-state index in [0.717, 1.165) is 42.3 Å². The topological polar surface area (TPSA) is 38.1 Å². The molecular weight excluding hydrogens is 260 g/mol. The van der Waals surface area contributed by atoms with Gasteiger partial charge in [0.15, 0.2) is 11.5 Å². The first-order valence-corrected chi connectivity index (χ1v) is 7.38. The molecule has 2 atom stereocenters. The summed E-state index contributed by atoms with van der Waals surface area (Å²) in [6.07, 6.45) is 4.58. The number of hydrogen-bond donors (Lipinski definition) is 1. The van der Waals surface area contributed by atoms with E-state index in [9.17, 15) is 0 Å². The molecule has 1 unspecified atom stereocenters. The molecule has 1 aromatic carbocycles. The third-order valence-electron chi connectivity index (χ3n) is 3.99. The second kappa shape index (κ2) is 5.51. The van der Waals surface area contributed by atoms with Gasteiger partial charge in [-0.2, -0.15) is 0 Å². The first-order chi connectivity index (χ1) is 9.22. The zero-order valence-electron chi connectivity index (χ0n) is 11.2. The summed E-state index contributed by atoms with van der Waals surface area (Å²) in [5.74, 6) is 1.56. The Labute approximate surface area is 118 Å². The summed E-state index contributed by atoms with van der Waals surface area (Å²) in [5.41, 5.74) is 1.68. The predicted octanol–water partition coefficient (Wildman–Crippen LogP) is 3.80. The molecule has 102 valence electrons. The largest absolute Gasteiger partial charge is 0.441 e. The molecule has 4 heteroatoms. The van der Waals surface area contributed by atoms with Crippen molar-refractivity contribution in [2.45, 2.75) is 38.6 Å². The number of benzene rings is 1. The monoisotopic (exact) mass is 278 g/mol. The molecule has 1 aliphatic heterocycles. The lowest BCUT2D eigenvalue weighted by Gasteiger charge is -2.29. The van der Waals surface area contributed by atoms with E-state index in [1.165, 1.54) is 12.8 Å². The maximum Gasteiger partial charge on any atom is 0.195 e. The summed E-state index contributed by atoms with van der Waals surface area (Å²) < 4.78 is 5.75. The van der Waals surface area contributed by atoms with Gasteiger partial charge in [0.2, 0.25) is 0 Å². The van der Waals surface area contributed by atoms with Crippen LogP contribution in [0.1, 0.15) is 32.1 Å². The minimum Gasteiger partial charge on any atom is -0.441 e. The second-order valence-corrected chi connectivity index (χ2v) is 5.87. The molecule has 3 rings (SSSR count). The van der Waals surface area contributed by atoms with Gasteiger partial charge in [-0.1, -0.05) is 18.5 Å². The van der Waals surface area contributed by atoms with Crippen LogP contribution < -0.4 is 5.32 Å². The lowest BCUT2D eigenvalue weighted by Crippen LogP contribution is -2.40. The average Bonchev–Trinajstić information content (AvgIpc) is 2.79. The van der Waals surface area contributed by atoms with Crippen molar-refractivity contribution in [1.29, 1.82) is 0 Å². The molecule has 19 heavy (non-hydrogen) atoms. The van der Waals surface area contributed by atoms with Crippen LogP contribution in [-0.4, -0.2) is 17.6 Å². The van der Waals surface area contributed by atoms with Crippen LogP contribution in [0.25, 0.3) is 11.1 Å². The van der Waals surface area contributed by atoms with Gasteiger partial charge >= 0.3 is 0 Å². The second-order valence-electron chi connectivity index (χ2n) is 5.44. The lowest BCUT2D eigenvalue weighted by molar-refractivity contribution is 0.282. The normalized spacial score (nSPS) is 23.9. The van der Waals surface area contributed by atoms with Crippen LogP contribution in [0.4, 0.5) is 0 Å². The van der Waals surface area contributed by atoms with E-state index in [4.69, 9.17) is 16.0 Å². The molecule has 2 heterocycles. The minimum absolute atomic E-state index is 0.590. The number of rotatable bonds is 3. The Hall–Kier alpha value is -1.06. The number of hydrogen-bond acceptors (Lipinski definition) is 3. The molecule has 0 amide bonds. The Kier molecular flexibility index (Phi) is 3.76. The van der Waals surface area contributed by atoms with Crippen molar-refractivity contribution < 1.29 is 4.42 Å². The minimum atomic E-state index is 0.590. The highest BCUT2D eigenvalue weighted by Gasteiger charge is 2.21. The van der Waals surface area contributed by atoms with Crippen LogP contribution in [0, 0.1) is 5.92 Å². The highest BCUT2D eigenvalue weighted by atomic mass is 35.5. The molecule has 1 saturated heterocycles. The summed E-state index contributed by atoms with van der Waals surface area (Å²) in [4.78, 5) is 4.50. The highest BCUT2D eigenvalue weighted by molar-refractivity contribution is 6.31. The maximum atomic E-state index is 5.95. The molecule has 1 aliphatic rings. The molecule has 1 N–H and O–H groups in total. The first-order valence-electron chi connectivity index (χ1n) is 7.01. The Morgan fingerprint density at radius 2 is 2.37 bits per heavy atom. The Bertz CT molecular complexity index is 566. The van der Waals surface area contributed by atoms with E-state index in [-0.39, 0.29) is 0 Å². The van der Waals surface area contributed by atoms with Gasteiger partial charge in [0, 0.05) is 17.5 Å². The van der Waals surface area contributed by atoms with Gasteiger partial charge in [-0.3, -0.25) is 0 Å². The number of piperidine rings is 1. The molecule has 0 radical (unpaired) electrons. The van der Waals surface area contributed by atoms with Crippen molar-refractivity contribution in [3.8, 4) is 0 Å². The van der Waals surface area contributed by atoms with Gasteiger partial charge in [-0.05, 0) is 49.9 Å². The maximum absolute atomic E-state index is 5.95. The third kappa shape index (κ3) is 2.93. The molecule has 0 saturated carbocycles. The molecular formula is C15H19ClN2O. The van der Waals surface area contributed by atoms with E-state index in [0.29, 0.717) is 11.1 Å². The van der Waals surface area contributed by atoms with Crippen molar-refractivity contribution in [2.24, 2.45) is 5.92 Å². The smallest absolute Gasteiger partial charge is 0.195 e. The zero-order valence-corrected chi connectivity index (χ0v) is 11.9. The Morgan fingerprint density at radius 1 is 1.47 bits per heavy atom. The molecule has 0 aliphatic carbocycles. The standard InChI is InChI=1S/C15H19ClN2O/c1-10-3-2-8-17-12(10)5-7-15-18-13-9-11(16)4-6-14(13)19-15/h4,6,9-10,12,17H,2-3,5,7-8H2,1H3/t10-,12?/m1/s1. The van der Waals surface area contributed by atoms with E-state index in [2.05, 4.69) is 17.2 Å².